The first-order valence-electron chi connectivity index (χ1n) is 5.21. The molecule has 1 amide bonds. The van der Waals surface area contributed by atoms with Gasteiger partial charge < -0.3 is 5.32 Å². The van der Waals surface area contributed by atoms with Gasteiger partial charge in [-0.25, -0.2) is 4.98 Å². The van der Waals surface area contributed by atoms with Gasteiger partial charge in [-0.2, -0.15) is 0 Å². The lowest BCUT2D eigenvalue weighted by atomic mass is 10.3. The van der Waals surface area contributed by atoms with Crippen LogP contribution in [0.4, 0.5) is 5.82 Å². The van der Waals surface area contributed by atoms with Gasteiger partial charge in [-0.05, 0) is 30.7 Å². The molecule has 0 unspecified atom stereocenters. The van der Waals surface area contributed by atoms with Crippen molar-refractivity contribution in [2.24, 2.45) is 0 Å². The number of aromatic nitrogens is 1. The molecular weight excluding hydrogens is 256 g/mol. The van der Waals surface area contributed by atoms with Gasteiger partial charge in [0, 0.05) is 4.88 Å². The molecule has 17 heavy (non-hydrogen) atoms. The molecule has 0 saturated carbocycles. The fourth-order valence-electron chi connectivity index (χ4n) is 1.35. The molecule has 2 rings (SSSR count). The number of pyridine rings is 1. The number of carbonyl (C=O) groups is 1. The Morgan fingerprint density at radius 2 is 2.24 bits per heavy atom. The number of anilines is 1. The van der Waals surface area contributed by atoms with Gasteiger partial charge in [0.25, 0.3) is 5.91 Å². The summed E-state index contributed by atoms with van der Waals surface area (Å²) in [6.45, 7) is 2.06. The summed E-state index contributed by atoms with van der Waals surface area (Å²) in [6.07, 6.45) is 0.938. The summed E-state index contributed by atoms with van der Waals surface area (Å²) in [5.41, 5.74) is 0. The fourth-order valence-corrected chi connectivity index (χ4v) is 2.35. The van der Waals surface area contributed by atoms with Crippen molar-refractivity contribution in [2.45, 2.75) is 13.3 Å². The summed E-state index contributed by atoms with van der Waals surface area (Å²) in [5.74, 6) is 0.318. The van der Waals surface area contributed by atoms with Crippen molar-refractivity contribution in [1.29, 1.82) is 0 Å². The van der Waals surface area contributed by atoms with Crippen molar-refractivity contribution in [3.63, 3.8) is 0 Å². The quantitative estimate of drug-likeness (QED) is 0.863. The number of thiophene rings is 1. The molecule has 0 spiro atoms. The van der Waals surface area contributed by atoms with Gasteiger partial charge in [-0.3, -0.25) is 4.79 Å². The molecule has 0 aliphatic carbocycles. The average molecular weight is 267 g/mol. The van der Waals surface area contributed by atoms with E-state index in [1.807, 2.05) is 12.1 Å². The predicted molar refractivity (Wildman–Crippen MR) is 70.9 cm³/mol. The highest BCUT2D eigenvalue weighted by Gasteiger charge is 2.09. The van der Waals surface area contributed by atoms with Gasteiger partial charge in [0.15, 0.2) is 0 Å². The first-order chi connectivity index (χ1) is 8.19. The zero-order valence-electron chi connectivity index (χ0n) is 9.24. The predicted octanol–water partition coefficient (Wildman–Crippen LogP) is 3.61. The van der Waals surface area contributed by atoms with Crippen molar-refractivity contribution >= 4 is 34.7 Å². The SMILES string of the molecule is CCc1ccc(C(=O)Nc2cccc(Cl)n2)s1. The second kappa shape index (κ2) is 5.29. The van der Waals surface area contributed by atoms with E-state index in [2.05, 4.69) is 17.2 Å². The minimum Gasteiger partial charge on any atom is -0.306 e. The zero-order valence-corrected chi connectivity index (χ0v) is 10.8. The van der Waals surface area contributed by atoms with Gasteiger partial charge in [0.2, 0.25) is 0 Å². The Kier molecular flexibility index (Phi) is 3.76. The van der Waals surface area contributed by atoms with Crippen LogP contribution >= 0.6 is 22.9 Å². The van der Waals surface area contributed by atoms with Crippen molar-refractivity contribution in [1.82, 2.24) is 4.98 Å². The summed E-state index contributed by atoms with van der Waals surface area (Å²) >= 11 is 7.23. The molecule has 0 atom stereocenters. The zero-order chi connectivity index (χ0) is 12.3. The van der Waals surface area contributed by atoms with Gasteiger partial charge in [-0.15, -0.1) is 11.3 Å². The van der Waals surface area contributed by atoms with Crippen LogP contribution in [0.1, 0.15) is 21.5 Å². The lowest BCUT2D eigenvalue weighted by Crippen LogP contribution is -2.11. The lowest BCUT2D eigenvalue weighted by molar-refractivity contribution is 0.103. The summed E-state index contributed by atoms with van der Waals surface area (Å²) in [7, 11) is 0. The van der Waals surface area contributed by atoms with E-state index < -0.39 is 0 Å². The molecule has 0 aliphatic heterocycles. The third-order valence-corrected chi connectivity index (χ3v) is 3.63. The molecule has 2 aromatic heterocycles. The highest BCUT2D eigenvalue weighted by molar-refractivity contribution is 7.14. The van der Waals surface area contributed by atoms with Crippen LogP contribution in [0.3, 0.4) is 0 Å². The third-order valence-electron chi connectivity index (χ3n) is 2.19. The van der Waals surface area contributed by atoms with E-state index in [4.69, 9.17) is 11.6 Å². The summed E-state index contributed by atoms with van der Waals surface area (Å²) < 4.78 is 0. The first kappa shape index (κ1) is 12.1. The number of rotatable bonds is 3. The molecule has 0 bridgehead atoms. The molecule has 0 saturated heterocycles. The molecule has 1 N–H and O–H groups in total. The average Bonchev–Trinajstić information content (AvgIpc) is 2.77. The van der Waals surface area contributed by atoms with Crippen LogP contribution in [0.5, 0.6) is 0 Å². The van der Waals surface area contributed by atoms with Crippen LogP contribution in [0.2, 0.25) is 5.15 Å². The Morgan fingerprint density at radius 3 is 2.88 bits per heavy atom. The number of amides is 1. The van der Waals surface area contributed by atoms with Crippen LogP contribution in [-0.4, -0.2) is 10.9 Å². The van der Waals surface area contributed by atoms with E-state index in [9.17, 15) is 4.79 Å². The monoisotopic (exact) mass is 266 g/mol. The standard InChI is InChI=1S/C12H11ClN2OS/c1-2-8-6-7-9(17-8)12(16)15-11-5-3-4-10(13)14-11/h3-7H,2H2,1H3,(H,14,15,16). The van der Waals surface area contributed by atoms with E-state index in [1.54, 1.807) is 18.2 Å². The van der Waals surface area contributed by atoms with Crippen LogP contribution in [0.25, 0.3) is 0 Å². The Balaban J connectivity index is 2.11. The molecule has 0 aliphatic rings. The molecule has 0 radical (unpaired) electrons. The van der Waals surface area contributed by atoms with Gasteiger partial charge in [0.1, 0.15) is 11.0 Å². The molecular formula is C12H11ClN2OS. The number of nitrogens with zero attached hydrogens (tertiary/aromatic N) is 1. The number of halogens is 1. The molecule has 0 fully saturated rings. The summed E-state index contributed by atoms with van der Waals surface area (Å²) in [6, 6.07) is 8.90. The molecule has 0 aromatic carbocycles. The van der Waals surface area contributed by atoms with E-state index in [0.717, 1.165) is 6.42 Å². The van der Waals surface area contributed by atoms with E-state index >= 15 is 0 Å². The number of aryl methyl sites for hydroxylation is 1. The molecule has 2 aromatic rings. The van der Waals surface area contributed by atoms with E-state index in [0.29, 0.717) is 15.8 Å². The summed E-state index contributed by atoms with van der Waals surface area (Å²) in [5, 5.41) is 3.08. The van der Waals surface area contributed by atoms with Crippen molar-refractivity contribution in [2.75, 3.05) is 5.32 Å². The number of nitrogens with one attached hydrogen (secondary N) is 1. The van der Waals surface area contributed by atoms with E-state index in [1.165, 1.54) is 16.2 Å². The van der Waals surface area contributed by atoms with Gasteiger partial charge in [-0.1, -0.05) is 24.6 Å². The largest absolute Gasteiger partial charge is 0.306 e. The minimum atomic E-state index is -0.149. The van der Waals surface area contributed by atoms with E-state index in [-0.39, 0.29) is 5.91 Å². The molecule has 3 nitrogen and oxygen atoms in total. The first-order valence-corrected chi connectivity index (χ1v) is 6.41. The smallest absolute Gasteiger partial charge is 0.266 e. The number of hydrogen-bond acceptors (Lipinski definition) is 3. The van der Waals surface area contributed by atoms with Crippen LogP contribution in [-0.2, 0) is 6.42 Å². The Bertz CT molecular complexity index is 539. The fraction of sp³-hybridized carbons (Fsp3) is 0.167. The maximum atomic E-state index is 11.9. The molecule has 2 heterocycles. The molecule has 88 valence electrons. The summed E-state index contributed by atoms with van der Waals surface area (Å²) in [4.78, 5) is 17.7. The highest BCUT2D eigenvalue weighted by atomic mass is 35.5. The van der Waals surface area contributed by atoms with Gasteiger partial charge >= 0.3 is 0 Å². The second-order valence-corrected chi connectivity index (χ2v) is 4.97. The maximum Gasteiger partial charge on any atom is 0.266 e. The topological polar surface area (TPSA) is 42.0 Å². The Labute approximate surface area is 108 Å². The maximum absolute atomic E-state index is 11.9. The third kappa shape index (κ3) is 3.05. The van der Waals surface area contributed by atoms with Crippen molar-refractivity contribution in [3.05, 3.63) is 45.2 Å². The van der Waals surface area contributed by atoms with Crippen LogP contribution < -0.4 is 5.32 Å². The lowest BCUT2D eigenvalue weighted by Gasteiger charge is -2.02. The normalized spacial score (nSPS) is 10.2. The number of hydrogen-bond donors (Lipinski definition) is 1. The van der Waals surface area contributed by atoms with Crippen LogP contribution in [0.15, 0.2) is 30.3 Å². The van der Waals surface area contributed by atoms with Gasteiger partial charge in [0.05, 0.1) is 4.88 Å². The van der Waals surface area contributed by atoms with Crippen LogP contribution in [0, 0.1) is 0 Å². The number of carbonyl (C=O) groups excluding carboxylic acids is 1. The Hall–Kier alpha value is -1.39. The molecule has 5 heteroatoms. The van der Waals surface area contributed by atoms with Crippen molar-refractivity contribution in [3.8, 4) is 0 Å². The second-order valence-electron chi connectivity index (χ2n) is 3.42. The minimum absolute atomic E-state index is 0.149. The highest BCUT2D eigenvalue weighted by Crippen LogP contribution is 2.18. The Morgan fingerprint density at radius 1 is 1.41 bits per heavy atom. The van der Waals surface area contributed by atoms with Crippen molar-refractivity contribution < 1.29 is 4.79 Å².